The fourth-order valence-corrected chi connectivity index (χ4v) is 3.24. The summed E-state index contributed by atoms with van der Waals surface area (Å²) in [5.74, 6) is -0.759. The number of hydrogen-bond acceptors (Lipinski definition) is 3. The highest BCUT2D eigenvalue weighted by Crippen LogP contribution is 2.32. The van der Waals surface area contributed by atoms with Gasteiger partial charge in [0, 0.05) is 12.6 Å². The van der Waals surface area contributed by atoms with Gasteiger partial charge in [-0.25, -0.2) is 12.8 Å². The minimum atomic E-state index is -3.54. The molecule has 5 nitrogen and oxygen atoms in total. The quantitative estimate of drug-likeness (QED) is 0.702. The summed E-state index contributed by atoms with van der Waals surface area (Å²) < 4.78 is 38.7. The molecule has 1 N–H and O–H groups in total. The van der Waals surface area contributed by atoms with Gasteiger partial charge >= 0.3 is 0 Å². The lowest BCUT2D eigenvalue weighted by atomic mass is 10.0. The molecule has 0 atom stereocenters. The number of nitrogens with zero attached hydrogens (tertiary/aromatic N) is 1. The molecular formula is C21H19FN2O3S. The average molecular weight is 398 g/mol. The van der Waals surface area contributed by atoms with E-state index in [1.165, 1.54) is 19.2 Å². The zero-order valence-electron chi connectivity index (χ0n) is 15.4. The largest absolute Gasteiger partial charge is 0.320 e. The maximum atomic E-state index is 13.6. The van der Waals surface area contributed by atoms with Gasteiger partial charge in [-0.05, 0) is 47.5 Å². The summed E-state index contributed by atoms with van der Waals surface area (Å²) in [5, 5.41) is 2.77. The number of amides is 1. The van der Waals surface area contributed by atoms with E-state index in [1.54, 1.807) is 60.7 Å². The SMILES string of the molecule is CN(c1ccc(-c2cccc(F)c2)cc1NC(=O)c1ccccc1)S(C)(=O)=O. The van der Waals surface area contributed by atoms with Crippen LogP contribution in [0, 0.1) is 5.82 Å². The standard InChI is InChI=1S/C21H19FN2O3S/c1-24(28(2,26)27)20-12-11-17(16-9-6-10-18(22)13-16)14-19(20)23-21(25)15-7-4-3-5-8-15/h3-14H,1-2H3,(H,23,25). The van der Waals surface area contributed by atoms with Gasteiger partial charge in [0.2, 0.25) is 10.0 Å². The number of carbonyl (C=O) groups is 1. The summed E-state index contributed by atoms with van der Waals surface area (Å²) in [6, 6.07) is 19.5. The Hall–Kier alpha value is -3.19. The smallest absolute Gasteiger partial charge is 0.255 e. The molecule has 0 aliphatic heterocycles. The van der Waals surface area contributed by atoms with Gasteiger partial charge in [-0.15, -0.1) is 0 Å². The van der Waals surface area contributed by atoms with Crippen molar-refractivity contribution >= 4 is 27.3 Å². The van der Waals surface area contributed by atoms with Crippen LogP contribution in [0.25, 0.3) is 11.1 Å². The summed E-state index contributed by atoms with van der Waals surface area (Å²) in [7, 11) is -2.13. The lowest BCUT2D eigenvalue weighted by Gasteiger charge is -2.21. The Morgan fingerprint density at radius 3 is 2.25 bits per heavy atom. The monoisotopic (exact) mass is 398 g/mol. The van der Waals surface area contributed by atoms with Crippen LogP contribution in [0.2, 0.25) is 0 Å². The Morgan fingerprint density at radius 1 is 0.929 bits per heavy atom. The highest BCUT2D eigenvalue weighted by molar-refractivity contribution is 7.92. The molecule has 144 valence electrons. The fraction of sp³-hybridized carbons (Fsp3) is 0.0952. The molecule has 0 aliphatic rings. The molecule has 7 heteroatoms. The number of halogens is 1. The third kappa shape index (κ3) is 4.37. The van der Waals surface area contributed by atoms with Crippen LogP contribution in [0.1, 0.15) is 10.4 Å². The van der Waals surface area contributed by atoms with Gasteiger partial charge in [0.15, 0.2) is 0 Å². The zero-order valence-corrected chi connectivity index (χ0v) is 16.2. The van der Waals surface area contributed by atoms with Crippen LogP contribution < -0.4 is 9.62 Å². The average Bonchev–Trinajstić information content (AvgIpc) is 2.67. The van der Waals surface area contributed by atoms with E-state index >= 15 is 0 Å². The molecule has 1 amide bonds. The molecule has 0 saturated heterocycles. The Kier molecular flexibility index (Phi) is 5.46. The molecule has 0 spiro atoms. The van der Waals surface area contributed by atoms with Gasteiger partial charge < -0.3 is 5.32 Å². The molecule has 0 aromatic heterocycles. The summed E-state index contributed by atoms with van der Waals surface area (Å²) in [6.07, 6.45) is 1.08. The topological polar surface area (TPSA) is 66.5 Å². The van der Waals surface area contributed by atoms with Crippen molar-refractivity contribution < 1.29 is 17.6 Å². The highest BCUT2D eigenvalue weighted by Gasteiger charge is 2.18. The second-order valence-electron chi connectivity index (χ2n) is 6.29. The molecule has 0 bridgehead atoms. The maximum absolute atomic E-state index is 13.6. The molecular weight excluding hydrogens is 379 g/mol. The van der Waals surface area contributed by atoms with Crippen molar-refractivity contribution in [2.75, 3.05) is 22.9 Å². The van der Waals surface area contributed by atoms with E-state index in [1.807, 2.05) is 0 Å². The van der Waals surface area contributed by atoms with Crippen LogP contribution in [0.3, 0.4) is 0 Å². The first-order chi connectivity index (χ1) is 13.3. The van der Waals surface area contributed by atoms with Crippen molar-refractivity contribution in [2.24, 2.45) is 0 Å². The molecule has 3 aromatic rings. The van der Waals surface area contributed by atoms with Crippen molar-refractivity contribution in [3.05, 3.63) is 84.2 Å². The molecule has 28 heavy (non-hydrogen) atoms. The second-order valence-corrected chi connectivity index (χ2v) is 8.31. The normalized spacial score (nSPS) is 11.1. The van der Waals surface area contributed by atoms with Crippen LogP contribution >= 0.6 is 0 Å². The zero-order chi connectivity index (χ0) is 20.3. The van der Waals surface area contributed by atoms with E-state index in [-0.39, 0.29) is 11.7 Å². The van der Waals surface area contributed by atoms with E-state index < -0.39 is 10.0 Å². The minimum Gasteiger partial charge on any atom is -0.320 e. The highest BCUT2D eigenvalue weighted by atomic mass is 32.2. The molecule has 0 saturated carbocycles. The molecule has 0 heterocycles. The molecule has 0 radical (unpaired) electrons. The van der Waals surface area contributed by atoms with Gasteiger partial charge in [-0.1, -0.05) is 36.4 Å². The summed E-state index contributed by atoms with van der Waals surface area (Å²) in [6.45, 7) is 0. The lowest BCUT2D eigenvalue weighted by Crippen LogP contribution is -2.26. The van der Waals surface area contributed by atoms with E-state index in [9.17, 15) is 17.6 Å². The first-order valence-corrected chi connectivity index (χ1v) is 10.3. The van der Waals surface area contributed by atoms with E-state index in [2.05, 4.69) is 5.32 Å². The van der Waals surface area contributed by atoms with Gasteiger partial charge in [-0.2, -0.15) is 0 Å². The first-order valence-electron chi connectivity index (χ1n) is 8.46. The van der Waals surface area contributed by atoms with E-state index in [4.69, 9.17) is 0 Å². The number of anilines is 2. The summed E-state index contributed by atoms with van der Waals surface area (Å²) in [5.41, 5.74) is 2.32. The Labute approximate surface area is 163 Å². The predicted molar refractivity (Wildman–Crippen MR) is 109 cm³/mol. The number of carbonyl (C=O) groups excluding carboxylic acids is 1. The van der Waals surface area contributed by atoms with Gasteiger partial charge in [0.1, 0.15) is 5.82 Å². The van der Waals surface area contributed by atoms with Crippen LogP contribution in [0.15, 0.2) is 72.8 Å². The van der Waals surface area contributed by atoms with Crippen molar-refractivity contribution in [2.45, 2.75) is 0 Å². The third-order valence-electron chi connectivity index (χ3n) is 4.28. The lowest BCUT2D eigenvalue weighted by molar-refractivity contribution is 0.102. The van der Waals surface area contributed by atoms with Crippen molar-refractivity contribution in [3.8, 4) is 11.1 Å². The predicted octanol–water partition coefficient (Wildman–Crippen LogP) is 4.14. The first kappa shape index (κ1) is 19.6. The van der Waals surface area contributed by atoms with Crippen molar-refractivity contribution in [1.82, 2.24) is 0 Å². The van der Waals surface area contributed by atoms with Gasteiger partial charge in [0.25, 0.3) is 5.91 Å². The van der Waals surface area contributed by atoms with Crippen LogP contribution in [-0.4, -0.2) is 27.6 Å². The summed E-state index contributed by atoms with van der Waals surface area (Å²) >= 11 is 0. The third-order valence-corrected chi connectivity index (χ3v) is 5.47. The second kappa shape index (κ2) is 7.82. The number of hydrogen-bond donors (Lipinski definition) is 1. The molecule has 0 unspecified atom stereocenters. The Bertz CT molecular complexity index is 1120. The molecule has 0 fully saturated rings. The molecule has 0 aliphatic carbocycles. The van der Waals surface area contributed by atoms with Crippen LogP contribution in [-0.2, 0) is 10.0 Å². The number of sulfonamides is 1. The summed E-state index contributed by atoms with van der Waals surface area (Å²) in [4.78, 5) is 12.6. The van der Waals surface area contributed by atoms with Crippen LogP contribution in [0.4, 0.5) is 15.8 Å². The Morgan fingerprint density at radius 2 is 1.61 bits per heavy atom. The van der Waals surface area contributed by atoms with E-state index in [0.717, 1.165) is 10.6 Å². The molecule has 3 aromatic carbocycles. The number of nitrogens with one attached hydrogen (secondary N) is 1. The number of rotatable bonds is 5. The fourth-order valence-electron chi connectivity index (χ4n) is 2.72. The van der Waals surface area contributed by atoms with Gasteiger partial charge in [0.05, 0.1) is 17.6 Å². The maximum Gasteiger partial charge on any atom is 0.255 e. The van der Waals surface area contributed by atoms with Gasteiger partial charge in [-0.3, -0.25) is 9.10 Å². The minimum absolute atomic E-state index is 0.309. The van der Waals surface area contributed by atoms with Crippen molar-refractivity contribution in [1.29, 1.82) is 0 Å². The Balaban J connectivity index is 2.07. The van der Waals surface area contributed by atoms with Crippen LogP contribution in [0.5, 0.6) is 0 Å². The van der Waals surface area contributed by atoms with E-state index in [0.29, 0.717) is 28.1 Å². The number of benzene rings is 3. The van der Waals surface area contributed by atoms with Crippen molar-refractivity contribution in [3.63, 3.8) is 0 Å². The molecule has 3 rings (SSSR count).